The van der Waals surface area contributed by atoms with Gasteiger partial charge in [-0.25, -0.2) is 4.39 Å². The molecule has 1 N–H and O–H groups in total. The number of halogens is 2. The van der Waals surface area contributed by atoms with Gasteiger partial charge in [-0.3, -0.25) is 9.59 Å². The van der Waals surface area contributed by atoms with E-state index in [1.807, 2.05) is 37.3 Å². The van der Waals surface area contributed by atoms with Crippen molar-refractivity contribution in [1.82, 2.24) is 10.2 Å². The zero-order chi connectivity index (χ0) is 22.2. The lowest BCUT2D eigenvalue weighted by molar-refractivity contribution is -0.141. The van der Waals surface area contributed by atoms with Gasteiger partial charge in [0, 0.05) is 23.2 Å². The molecule has 4 nitrogen and oxygen atoms in total. The van der Waals surface area contributed by atoms with E-state index in [1.54, 1.807) is 11.0 Å². The summed E-state index contributed by atoms with van der Waals surface area (Å²) in [5.74, 6) is -0.972. The van der Waals surface area contributed by atoms with E-state index in [0.29, 0.717) is 6.42 Å². The van der Waals surface area contributed by atoms with E-state index in [4.69, 9.17) is 11.6 Å². The smallest absolute Gasteiger partial charge is 0.243 e. The zero-order valence-electron chi connectivity index (χ0n) is 17.9. The summed E-state index contributed by atoms with van der Waals surface area (Å²) in [4.78, 5) is 28.1. The molecule has 1 fully saturated rings. The molecule has 2 aromatic rings. The molecule has 166 valence electrons. The third kappa shape index (κ3) is 6.30. The first kappa shape index (κ1) is 23.3. The lowest BCUT2D eigenvalue weighted by atomic mass is 9.95. The molecule has 31 heavy (non-hydrogen) atoms. The lowest BCUT2D eigenvalue weighted by Crippen LogP contribution is -2.52. The number of rotatable bonds is 8. The van der Waals surface area contributed by atoms with Crippen LogP contribution in [0.5, 0.6) is 0 Å². The Morgan fingerprint density at radius 2 is 1.81 bits per heavy atom. The van der Waals surface area contributed by atoms with Crippen LogP contribution < -0.4 is 5.32 Å². The van der Waals surface area contributed by atoms with E-state index >= 15 is 0 Å². The third-order valence-corrected chi connectivity index (χ3v) is 6.28. The van der Waals surface area contributed by atoms with Crippen molar-refractivity contribution in [2.45, 2.75) is 70.5 Å². The Morgan fingerprint density at radius 3 is 2.45 bits per heavy atom. The average molecular weight is 445 g/mol. The van der Waals surface area contributed by atoms with E-state index in [-0.39, 0.29) is 41.4 Å². The monoisotopic (exact) mass is 444 g/mol. The standard InChI is InChI=1S/C25H30ClFN2O2/c1-2-23(25(31)28-19-12-7-4-8-13-19)29(17-18-10-5-3-6-11-18)24(30)16-20-21(26)14-9-15-22(20)27/h3,5-6,9-11,14-15,19,23H,2,4,7-8,12-13,16-17H2,1H3,(H,28,31). The van der Waals surface area contributed by atoms with Gasteiger partial charge in [-0.15, -0.1) is 0 Å². The van der Waals surface area contributed by atoms with E-state index in [9.17, 15) is 14.0 Å². The number of carbonyl (C=O) groups excluding carboxylic acids is 2. The van der Waals surface area contributed by atoms with Crippen LogP contribution in [0.3, 0.4) is 0 Å². The van der Waals surface area contributed by atoms with Crippen molar-refractivity contribution in [3.05, 3.63) is 70.5 Å². The van der Waals surface area contributed by atoms with Crippen molar-refractivity contribution in [3.8, 4) is 0 Å². The molecular weight excluding hydrogens is 415 g/mol. The molecule has 6 heteroatoms. The van der Waals surface area contributed by atoms with E-state index in [2.05, 4.69) is 5.32 Å². The van der Waals surface area contributed by atoms with Crippen molar-refractivity contribution in [1.29, 1.82) is 0 Å². The minimum Gasteiger partial charge on any atom is -0.352 e. The van der Waals surface area contributed by atoms with Crippen LogP contribution in [0, 0.1) is 5.82 Å². The Morgan fingerprint density at radius 1 is 1.10 bits per heavy atom. The molecule has 2 amide bonds. The number of carbonyl (C=O) groups is 2. The number of hydrogen-bond acceptors (Lipinski definition) is 2. The molecule has 0 saturated heterocycles. The van der Waals surface area contributed by atoms with Crippen molar-refractivity contribution in [2.24, 2.45) is 0 Å². The molecule has 1 aliphatic rings. The number of hydrogen-bond donors (Lipinski definition) is 1. The maximum absolute atomic E-state index is 14.3. The van der Waals surface area contributed by atoms with Crippen molar-refractivity contribution >= 4 is 23.4 Å². The van der Waals surface area contributed by atoms with Crippen LogP contribution in [0.25, 0.3) is 0 Å². The van der Waals surface area contributed by atoms with Crippen LogP contribution in [0.15, 0.2) is 48.5 Å². The van der Waals surface area contributed by atoms with E-state index in [0.717, 1.165) is 31.2 Å². The highest BCUT2D eigenvalue weighted by atomic mass is 35.5. The normalized spacial score (nSPS) is 15.3. The molecule has 0 bridgehead atoms. The fourth-order valence-corrected chi connectivity index (χ4v) is 4.43. The Labute approximate surface area is 188 Å². The molecular formula is C25H30ClFN2O2. The highest BCUT2D eigenvalue weighted by molar-refractivity contribution is 6.31. The van der Waals surface area contributed by atoms with Crippen molar-refractivity contribution in [2.75, 3.05) is 0 Å². The summed E-state index contributed by atoms with van der Waals surface area (Å²) >= 11 is 6.15. The van der Waals surface area contributed by atoms with Crippen LogP contribution in [0.1, 0.15) is 56.6 Å². The molecule has 0 heterocycles. The topological polar surface area (TPSA) is 49.4 Å². The summed E-state index contributed by atoms with van der Waals surface area (Å²) in [5.41, 5.74) is 1.08. The van der Waals surface area contributed by atoms with Gasteiger partial charge in [0.15, 0.2) is 0 Å². The summed E-state index contributed by atoms with van der Waals surface area (Å²) in [7, 11) is 0. The Bertz CT molecular complexity index is 864. The molecule has 0 aliphatic heterocycles. The fourth-order valence-electron chi connectivity index (χ4n) is 4.20. The van der Waals surface area contributed by atoms with Gasteiger partial charge >= 0.3 is 0 Å². The predicted molar refractivity (Wildman–Crippen MR) is 121 cm³/mol. The van der Waals surface area contributed by atoms with Crippen LogP contribution in [0.4, 0.5) is 4.39 Å². The molecule has 0 radical (unpaired) electrons. The Kier molecular flexibility index (Phi) is 8.47. The van der Waals surface area contributed by atoms with Gasteiger partial charge in [0.1, 0.15) is 11.9 Å². The fraction of sp³-hybridized carbons (Fsp3) is 0.440. The Balaban J connectivity index is 1.83. The Hall–Kier alpha value is -2.40. The molecule has 1 aliphatic carbocycles. The van der Waals surface area contributed by atoms with Crippen LogP contribution in [-0.4, -0.2) is 28.8 Å². The maximum atomic E-state index is 14.3. The molecule has 1 atom stereocenters. The molecule has 0 aromatic heterocycles. The van der Waals surface area contributed by atoms with Gasteiger partial charge < -0.3 is 10.2 Å². The second-order valence-electron chi connectivity index (χ2n) is 8.15. The molecule has 1 unspecified atom stereocenters. The largest absolute Gasteiger partial charge is 0.352 e. The van der Waals surface area contributed by atoms with Crippen molar-refractivity contribution < 1.29 is 14.0 Å². The predicted octanol–water partition coefficient (Wildman–Crippen LogP) is 5.28. The molecule has 1 saturated carbocycles. The summed E-state index contributed by atoms with van der Waals surface area (Å²) in [5, 5.41) is 3.36. The first-order valence-corrected chi connectivity index (χ1v) is 11.4. The van der Waals surface area contributed by atoms with Gasteiger partial charge in [0.2, 0.25) is 11.8 Å². The van der Waals surface area contributed by atoms with Crippen molar-refractivity contribution in [3.63, 3.8) is 0 Å². The molecule has 2 aromatic carbocycles. The van der Waals surface area contributed by atoms with Gasteiger partial charge in [0.05, 0.1) is 6.42 Å². The number of amides is 2. The summed E-state index contributed by atoms with van der Waals surface area (Å²) in [6.45, 7) is 2.18. The number of nitrogens with one attached hydrogen (secondary N) is 1. The third-order valence-electron chi connectivity index (χ3n) is 5.92. The van der Waals surface area contributed by atoms with Crippen LogP contribution in [0.2, 0.25) is 5.02 Å². The highest BCUT2D eigenvalue weighted by Crippen LogP contribution is 2.23. The van der Waals surface area contributed by atoms with Crippen LogP contribution in [-0.2, 0) is 22.6 Å². The zero-order valence-corrected chi connectivity index (χ0v) is 18.7. The lowest BCUT2D eigenvalue weighted by Gasteiger charge is -2.33. The van der Waals surface area contributed by atoms with E-state index < -0.39 is 11.9 Å². The summed E-state index contributed by atoms with van der Waals surface area (Å²) in [6, 6.07) is 13.4. The summed E-state index contributed by atoms with van der Waals surface area (Å²) in [6.07, 6.45) is 5.65. The number of nitrogens with zero attached hydrogens (tertiary/aromatic N) is 1. The van der Waals surface area contributed by atoms with Gasteiger partial charge in [-0.2, -0.15) is 0 Å². The minimum absolute atomic E-state index is 0.140. The number of benzene rings is 2. The minimum atomic E-state index is -0.625. The first-order chi connectivity index (χ1) is 15.0. The van der Waals surface area contributed by atoms with Gasteiger partial charge in [0.25, 0.3) is 0 Å². The first-order valence-electron chi connectivity index (χ1n) is 11.1. The SMILES string of the molecule is CCC(C(=O)NC1CCCCC1)N(Cc1ccccc1)C(=O)Cc1c(F)cccc1Cl. The maximum Gasteiger partial charge on any atom is 0.243 e. The van der Waals surface area contributed by atoms with Gasteiger partial charge in [-0.05, 0) is 37.0 Å². The van der Waals surface area contributed by atoms with Crippen LogP contribution >= 0.6 is 11.6 Å². The van der Waals surface area contributed by atoms with Gasteiger partial charge in [-0.1, -0.05) is 74.2 Å². The average Bonchev–Trinajstić information content (AvgIpc) is 2.77. The highest BCUT2D eigenvalue weighted by Gasteiger charge is 2.31. The molecule has 0 spiro atoms. The second kappa shape index (κ2) is 11.3. The quantitative estimate of drug-likeness (QED) is 0.602. The van der Waals surface area contributed by atoms with E-state index in [1.165, 1.54) is 18.6 Å². The summed E-state index contributed by atoms with van der Waals surface area (Å²) < 4.78 is 14.3. The molecule has 3 rings (SSSR count). The second-order valence-corrected chi connectivity index (χ2v) is 8.56.